The largest absolute Gasteiger partial charge is 0.483 e. The summed E-state index contributed by atoms with van der Waals surface area (Å²) in [6, 6.07) is 21.0. The first-order valence-electron chi connectivity index (χ1n) is 9.82. The number of nitrogens with zero attached hydrogens (tertiary/aromatic N) is 1. The molecule has 0 saturated heterocycles. The zero-order chi connectivity index (χ0) is 23.8. The molecule has 3 rings (SSSR count). The highest BCUT2D eigenvalue weighted by Gasteiger charge is 2.13. The van der Waals surface area contributed by atoms with Crippen LogP contribution in [0.5, 0.6) is 5.75 Å². The maximum Gasteiger partial charge on any atom is 0.266 e. The SMILES string of the molecule is Cc1ccccc1NC(=O)COc1ccc(Br)cc1/C=C(/C#N)C(=O)Nc1cccc(Cl)c1. The fourth-order valence-electron chi connectivity index (χ4n) is 2.88. The van der Waals surface area contributed by atoms with Gasteiger partial charge in [-0.3, -0.25) is 9.59 Å². The molecule has 0 aliphatic rings. The van der Waals surface area contributed by atoms with Gasteiger partial charge in [0.15, 0.2) is 6.61 Å². The zero-order valence-corrected chi connectivity index (χ0v) is 19.9. The van der Waals surface area contributed by atoms with E-state index in [1.807, 2.05) is 31.2 Å². The molecular formula is C25H19BrClN3O3. The number of carbonyl (C=O) groups is 2. The van der Waals surface area contributed by atoms with E-state index in [2.05, 4.69) is 26.6 Å². The molecule has 166 valence electrons. The lowest BCUT2D eigenvalue weighted by molar-refractivity contribution is -0.118. The highest BCUT2D eigenvalue weighted by atomic mass is 79.9. The summed E-state index contributed by atoms with van der Waals surface area (Å²) in [5, 5.41) is 15.4. The Morgan fingerprint density at radius 3 is 2.61 bits per heavy atom. The Labute approximate surface area is 205 Å². The highest BCUT2D eigenvalue weighted by molar-refractivity contribution is 9.10. The molecule has 3 aromatic carbocycles. The number of aryl methyl sites for hydroxylation is 1. The first-order valence-corrected chi connectivity index (χ1v) is 11.0. The summed E-state index contributed by atoms with van der Waals surface area (Å²) in [6.45, 7) is 1.65. The van der Waals surface area contributed by atoms with Crippen LogP contribution < -0.4 is 15.4 Å². The van der Waals surface area contributed by atoms with E-state index in [1.54, 1.807) is 48.5 Å². The Morgan fingerprint density at radius 2 is 1.88 bits per heavy atom. The first-order chi connectivity index (χ1) is 15.9. The number of anilines is 2. The average Bonchev–Trinajstić information content (AvgIpc) is 2.78. The fraction of sp³-hybridized carbons (Fsp3) is 0.0800. The maximum absolute atomic E-state index is 12.6. The zero-order valence-electron chi connectivity index (χ0n) is 17.6. The molecule has 0 saturated carbocycles. The van der Waals surface area contributed by atoms with Crippen LogP contribution in [-0.2, 0) is 9.59 Å². The van der Waals surface area contributed by atoms with Crippen molar-refractivity contribution in [2.75, 3.05) is 17.2 Å². The van der Waals surface area contributed by atoms with E-state index in [4.69, 9.17) is 16.3 Å². The second-order valence-electron chi connectivity index (χ2n) is 6.97. The van der Waals surface area contributed by atoms with Crippen molar-refractivity contribution in [2.45, 2.75) is 6.92 Å². The second-order valence-corrected chi connectivity index (χ2v) is 8.32. The van der Waals surface area contributed by atoms with Crippen molar-refractivity contribution in [3.8, 4) is 11.8 Å². The Morgan fingerprint density at radius 1 is 1.09 bits per heavy atom. The van der Waals surface area contributed by atoms with Gasteiger partial charge in [0.2, 0.25) is 0 Å². The van der Waals surface area contributed by atoms with Gasteiger partial charge >= 0.3 is 0 Å². The monoisotopic (exact) mass is 523 g/mol. The number of hydrogen-bond donors (Lipinski definition) is 2. The molecule has 8 heteroatoms. The maximum atomic E-state index is 12.6. The minimum atomic E-state index is -0.594. The minimum absolute atomic E-state index is 0.137. The molecule has 2 N–H and O–H groups in total. The smallest absolute Gasteiger partial charge is 0.266 e. The topological polar surface area (TPSA) is 91.2 Å². The van der Waals surface area contributed by atoms with E-state index in [0.717, 1.165) is 10.0 Å². The number of halogens is 2. The average molecular weight is 525 g/mol. The Bertz CT molecular complexity index is 1270. The van der Waals surface area contributed by atoms with Crippen LogP contribution in [0.15, 0.2) is 76.8 Å². The van der Waals surface area contributed by atoms with Gasteiger partial charge in [-0.2, -0.15) is 5.26 Å². The van der Waals surface area contributed by atoms with Crippen molar-refractivity contribution in [3.05, 3.63) is 92.9 Å². The predicted molar refractivity (Wildman–Crippen MR) is 133 cm³/mol. The van der Waals surface area contributed by atoms with Crippen LogP contribution in [0, 0.1) is 18.3 Å². The number of carbonyl (C=O) groups excluding carboxylic acids is 2. The van der Waals surface area contributed by atoms with Gasteiger partial charge < -0.3 is 15.4 Å². The standard InChI is InChI=1S/C25H19BrClN3O3/c1-16-5-2-3-8-22(16)30-24(31)15-33-23-10-9-19(26)12-17(23)11-18(14-28)25(32)29-21-7-4-6-20(27)13-21/h2-13H,15H2,1H3,(H,29,32)(H,30,31)/b18-11-. The van der Waals surface area contributed by atoms with Crippen LogP contribution in [0.2, 0.25) is 5.02 Å². The Hall–Kier alpha value is -3.60. The van der Waals surface area contributed by atoms with Crippen molar-refractivity contribution in [3.63, 3.8) is 0 Å². The van der Waals surface area contributed by atoms with Gasteiger partial charge in [0.05, 0.1) is 0 Å². The third kappa shape index (κ3) is 6.94. The number of ether oxygens (including phenoxy) is 1. The summed E-state index contributed by atoms with van der Waals surface area (Å²) < 4.78 is 6.41. The predicted octanol–water partition coefficient (Wildman–Crippen LogP) is 5.97. The fourth-order valence-corrected chi connectivity index (χ4v) is 3.44. The highest BCUT2D eigenvalue weighted by Crippen LogP contribution is 2.26. The van der Waals surface area contributed by atoms with Crippen LogP contribution in [-0.4, -0.2) is 18.4 Å². The molecule has 0 fully saturated rings. The second kappa shape index (κ2) is 11.3. The molecule has 0 radical (unpaired) electrons. The number of nitrogens with one attached hydrogen (secondary N) is 2. The van der Waals surface area contributed by atoms with Crippen molar-refractivity contribution < 1.29 is 14.3 Å². The molecule has 0 aromatic heterocycles. The number of nitriles is 1. The third-order valence-electron chi connectivity index (χ3n) is 4.50. The number of hydrogen-bond acceptors (Lipinski definition) is 4. The van der Waals surface area contributed by atoms with Crippen molar-refractivity contribution >= 4 is 56.8 Å². The molecule has 0 unspecified atom stereocenters. The molecular weight excluding hydrogens is 506 g/mol. The molecule has 6 nitrogen and oxygen atoms in total. The van der Waals surface area contributed by atoms with Crippen molar-refractivity contribution in [1.29, 1.82) is 5.26 Å². The number of para-hydroxylation sites is 1. The lowest BCUT2D eigenvalue weighted by Crippen LogP contribution is -2.21. The number of rotatable bonds is 7. The van der Waals surface area contributed by atoms with E-state index in [1.165, 1.54) is 6.08 Å². The van der Waals surface area contributed by atoms with Crippen LogP contribution in [0.25, 0.3) is 6.08 Å². The summed E-state index contributed by atoms with van der Waals surface area (Å²) >= 11 is 9.32. The molecule has 3 aromatic rings. The van der Waals surface area contributed by atoms with Gasteiger partial charge in [-0.25, -0.2) is 0 Å². The summed E-state index contributed by atoms with van der Waals surface area (Å²) in [7, 11) is 0. The van der Waals surface area contributed by atoms with E-state index in [9.17, 15) is 14.9 Å². The number of amides is 2. The minimum Gasteiger partial charge on any atom is -0.483 e. The summed E-state index contributed by atoms with van der Waals surface area (Å²) in [4.78, 5) is 24.9. The van der Waals surface area contributed by atoms with Gasteiger partial charge in [0.1, 0.15) is 17.4 Å². The molecule has 0 aliphatic carbocycles. The van der Waals surface area contributed by atoms with E-state index in [0.29, 0.717) is 27.7 Å². The lowest BCUT2D eigenvalue weighted by atomic mass is 10.1. The lowest BCUT2D eigenvalue weighted by Gasteiger charge is -2.12. The number of benzene rings is 3. The van der Waals surface area contributed by atoms with Gasteiger partial charge in [0.25, 0.3) is 11.8 Å². The van der Waals surface area contributed by atoms with Gasteiger partial charge in [-0.05, 0) is 61.0 Å². The molecule has 0 atom stereocenters. The summed E-state index contributed by atoms with van der Waals surface area (Å²) in [5.74, 6) is -0.578. The molecule has 2 amide bonds. The van der Waals surface area contributed by atoms with Gasteiger partial charge in [-0.1, -0.05) is 51.8 Å². The molecule has 0 bridgehead atoms. The Kier molecular flexibility index (Phi) is 8.25. The van der Waals surface area contributed by atoms with Crippen LogP contribution in [0.1, 0.15) is 11.1 Å². The van der Waals surface area contributed by atoms with Crippen molar-refractivity contribution in [1.82, 2.24) is 0 Å². The van der Waals surface area contributed by atoms with Crippen molar-refractivity contribution in [2.24, 2.45) is 0 Å². The molecule has 33 heavy (non-hydrogen) atoms. The first kappa shape index (κ1) is 24.1. The quantitative estimate of drug-likeness (QED) is 0.294. The van der Waals surface area contributed by atoms with E-state index < -0.39 is 5.91 Å². The summed E-state index contributed by atoms with van der Waals surface area (Å²) in [6.07, 6.45) is 1.40. The van der Waals surface area contributed by atoms with Gasteiger partial charge in [-0.15, -0.1) is 0 Å². The molecule has 0 aliphatic heterocycles. The van der Waals surface area contributed by atoms with Crippen LogP contribution >= 0.6 is 27.5 Å². The molecule has 0 heterocycles. The normalized spacial score (nSPS) is 10.8. The van der Waals surface area contributed by atoms with Crippen LogP contribution in [0.3, 0.4) is 0 Å². The van der Waals surface area contributed by atoms with E-state index >= 15 is 0 Å². The molecule has 0 spiro atoms. The van der Waals surface area contributed by atoms with E-state index in [-0.39, 0.29) is 18.1 Å². The summed E-state index contributed by atoms with van der Waals surface area (Å²) in [5.41, 5.74) is 2.43. The Balaban J connectivity index is 1.75. The third-order valence-corrected chi connectivity index (χ3v) is 5.23. The van der Waals surface area contributed by atoms with Gasteiger partial charge in [0, 0.05) is 26.4 Å². The van der Waals surface area contributed by atoms with Crippen LogP contribution in [0.4, 0.5) is 11.4 Å².